The molecule has 5 heteroatoms. The Kier molecular flexibility index (Phi) is 10.2. The zero-order valence-electron chi connectivity index (χ0n) is 18.8. The second kappa shape index (κ2) is 12.1. The lowest BCUT2D eigenvalue weighted by atomic mass is 9.72. The average molecular weight is 415 g/mol. The molecule has 1 aliphatic carbocycles. The van der Waals surface area contributed by atoms with E-state index < -0.39 is 17.7 Å². The van der Waals surface area contributed by atoms with Crippen LogP contribution < -0.4 is 0 Å². The first-order valence-corrected chi connectivity index (χ1v) is 10.3. The van der Waals surface area contributed by atoms with E-state index in [2.05, 4.69) is 39.8 Å². The maximum Gasteiger partial charge on any atom is 0.374 e. The number of rotatable bonds is 10. The topological polar surface area (TPSA) is 80.7 Å². The molecule has 1 N–H and O–H groups in total. The van der Waals surface area contributed by atoms with Crippen LogP contribution in [0.5, 0.6) is 0 Å². The van der Waals surface area contributed by atoms with Crippen LogP contribution in [0.2, 0.25) is 0 Å². The van der Waals surface area contributed by atoms with E-state index in [1.165, 1.54) is 30.4 Å². The van der Waals surface area contributed by atoms with Crippen LogP contribution in [-0.2, 0) is 19.1 Å². The Balaban J connectivity index is 2.55. The van der Waals surface area contributed by atoms with Crippen LogP contribution in [0.4, 0.5) is 0 Å². The highest BCUT2D eigenvalue weighted by Gasteiger charge is 2.26. The van der Waals surface area contributed by atoms with Gasteiger partial charge in [-0.15, -0.1) is 0 Å². The van der Waals surface area contributed by atoms with E-state index in [1.54, 1.807) is 6.08 Å². The number of hydrogen-bond donors (Lipinski definition) is 1. The highest BCUT2D eigenvalue weighted by atomic mass is 16.5. The van der Waals surface area contributed by atoms with Crippen molar-refractivity contribution in [3.05, 3.63) is 58.7 Å². The molecule has 0 atom stereocenters. The Hall–Kier alpha value is -2.69. The van der Waals surface area contributed by atoms with Gasteiger partial charge in [0, 0.05) is 6.42 Å². The number of carbonyl (C=O) groups is 3. The van der Waals surface area contributed by atoms with Crippen LogP contribution in [0.15, 0.2) is 58.7 Å². The number of carboxylic acid groups (broad SMARTS) is 1. The van der Waals surface area contributed by atoms with E-state index in [4.69, 9.17) is 9.84 Å². The van der Waals surface area contributed by atoms with Crippen molar-refractivity contribution in [3.63, 3.8) is 0 Å². The first-order chi connectivity index (χ1) is 14.0. The molecule has 0 fully saturated rings. The molecule has 0 saturated heterocycles. The SMILES string of the molecule is CC1=C(/C=C/C(C)=C\C=C\C(C)=C\COC(=O)C(=O)CCC(=O)O)C(C)(C)CCC1. The number of aliphatic carboxylic acids is 1. The lowest BCUT2D eigenvalue weighted by Crippen LogP contribution is -2.19. The Labute approximate surface area is 179 Å². The molecule has 0 aromatic carbocycles. The van der Waals surface area contributed by atoms with Gasteiger partial charge in [0.15, 0.2) is 0 Å². The van der Waals surface area contributed by atoms with Crippen molar-refractivity contribution < 1.29 is 24.2 Å². The third kappa shape index (κ3) is 9.21. The number of ether oxygens (including phenoxy) is 1. The van der Waals surface area contributed by atoms with E-state index >= 15 is 0 Å². The predicted octanol–water partition coefficient (Wildman–Crippen LogP) is 5.50. The smallest absolute Gasteiger partial charge is 0.374 e. The minimum absolute atomic E-state index is 0.0288. The monoisotopic (exact) mass is 414 g/mol. The van der Waals surface area contributed by atoms with Gasteiger partial charge in [-0.3, -0.25) is 9.59 Å². The summed E-state index contributed by atoms with van der Waals surface area (Å²) in [4.78, 5) is 33.3. The highest BCUT2D eigenvalue weighted by molar-refractivity contribution is 6.33. The van der Waals surface area contributed by atoms with Gasteiger partial charge in [-0.1, -0.05) is 60.9 Å². The van der Waals surface area contributed by atoms with E-state index in [-0.39, 0.29) is 24.9 Å². The third-order valence-electron chi connectivity index (χ3n) is 5.19. The summed E-state index contributed by atoms with van der Waals surface area (Å²) in [6.07, 6.45) is 14.8. The van der Waals surface area contributed by atoms with Crippen LogP contribution in [0.1, 0.15) is 66.7 Å². The van der Waals surface area contributed by atoms with Crippen molar-refractivity contribution in [1.82, 2.24) is 0 Å². The summed E-state index contributed by atoms with van der Waals surface area (Å²) in [6.45, 7) is 10.7. The molecule has 0 amide bonds. The second-order valence-electron chi connectivity index (χ2n) is 8.40. The van der Waals surface area contributed by atoms with Crippen LogP contribution in [0.3, 0.4) is 0 Å². The number of hydrogen-bond acceptors (Lipinski definition) is 4. The van der Waals surface area contributed by atoms with Crippen molar-refractivity contribution in [2.75, 3.05) is 6.61 Å². The summed E-state index contributed by atoms with van der Waals surface area (Å²) in [5.41, 5.74) is 5.15. The molecule has 0 saturated carbocycles. The van der Waals surface area contributed by atoms with E-state index in [9.17, 15) is 14.4 Å². The number of esters is 1. The fraction of sp³-hybridized carbons (Fsp3) is 0.480. The third-order valence-corrected chi connectivity index (χ3v) is 5.19. The highest BCUT2D eigenvalue weighted by Crippen LogP contribution is 2.40. The normalized spacial score (nSPS) is 17.6. The summed E-state index contributed by atoms with van der Waals surface area (Å²) >= 11 is 0. The molecule has 0 radical (unpaired) electrons. The summed E-state index contributed by atoms with van der Waals surface area (Å²) in [5, 5.41) is 8.52. The standard InChI is InChI=1S/C25H34O5/c1-18(11-12-21-20(3)10-7-16-25(21,4)5)8-6-9-19(2)15-17-30-24(29)22(26)13-14-23(27)28/h6,8-9,11-12,15H,7,10,13-14,16-17H2,1-5H3,(H,27,28)/b9-6+,12-11+,18-8-,19-15+. The molecular weight excluding hydrogens is 380 g/mol. The quantitative estimate of drug-likeness (QED) is 0.290. The number of carbonyl (C=O) groups excluding carboxylic acids is 2. The van der Waals surface area contributed by atoms with Gasteiger partial charge in [0.1, 0.15) is 6.61 Å². The Morgan fingerprint density at radius 1 is 1.10 bits per heavy atom. The summed E-state index contributed by atoms with van der Waals surface area (Å²) in [6, 6.07) is 0. The molecule has 1 rings (SSSR count). The average Bonchev–Trinajstić information content (AvgIpc) is 2.65. The van der Waals surface area contributed by atoms with Gasteiger partial charge in [0.05, 0.1) is 6.42 Å². The second-order valence-corrected chi connectivity index (χ2v) is 8.40. The van der Waals surface area contributed by atoms with Gasteiger partial charge in [-0.25, -0.2) is 4.79 Å². The zero-order chi connectivity index (χ0) is 22.7. The van der Waals surface area contributed by atoms with Gasteiger partial charge in [0.2, 0.25) is 5.78 Å². The Morgan fingerprint density at radius 3 is 2.43 bits per heavy atom. The van der Waals surface area contributed by atoms with Gasteiger partial charge < -0.3 is 9.84 Å². The van der Waals surface area contributed by atoms with E-state index in [1.807, 2.05) is 25.2 Å². The van der Waals surface area contributed by atoms with Crippen LogP contribution in [-0.4, -0.2) is 29.4 Å². The molecule has 0 unspecified atom stereocenters. The molecule has 164 valence electrons. The van der Waals surface area contributed by atoms with E-state index in [0.717, 1.165) is 11.1 Å². The first kappa shape index (κ1) is 25.3. The molecule has 30 heavy (non-hydrogen) atoms. The predicted molar refractivity (Wildman–Crippen MR) is 119 cm³/mol. The Bertz CT molecular complexity index is 803. The minimum Gasteiger partial charge on any atom is -0.481 e. The summed E-state index contributed by atoms with van der Waals surface area (Å²) < 4.78 is 4.85. The molecule has 0 bridgehead atoms. The number of Topliss-reactive ketones (excluding diaryl/α,β-unsaturated/α-hetero) is 1. The molecule has 0 heterocycles. The number of carboxylic acids is 1. The number of ketones is 1. The van der Waals surface area contributed by atoms with Crippen LogP contribution in [0.25, 0.3) is 0 Å². The van der Waals surface area contributed by atoms with Crippen molar-refractivity contribution in [1.29, 1.82) is 0 Å². The lowest BCUT2D eigenvalue weighted by Gasteiger charge is -2.32. The van der Waals surface area contributed by atoms with Crippen molar-refractivity contribution in [2.45, 2.75) is 66.7 Å². The van der Waals surface area contributed by atoms with Gasteiger partial charge >= 0.3 is 11.9 Å². The largest absolute Gasteiger partial charge is 0.481 e. The maximum absolute atomic E-state index is 11.5. The molecule has 0 aromatic heterocycles. The van der Waals surface area contributed by atoms with Gasteiger partial charge in [-0.05, 0) is 57.1 Å². The van der Waals surface area contributed by atoms with Gasteiger partial charge in [-0.2, -0.15) is 0 Å². The summed E-state index contributed by atoms with van der Waals surface area (Å²) in [7, 11) is 0. The zero-order valence-corrected chi connectivity index (χ0v) is 18.8. The van der Waals surface area contributed by atoms with E-state index in [0.29, 0.717) is 0 Å². The summed E-state index contributed by atoms with van der Waals surface area (Å²) in [5.74, 6) is -2.94. The minimum atomic E-state index is -1.12. The van der Waals surface area contributed by atoms with Crippen molar-refractivity contribution >= 4 is 17.7 Å². The Morgan fingerprint density at radius 2 is 1.80 bits per heavy atom. The lowest BCUT2D eigenvalue weighted by molar-refractivity contribution is -0.153. The fourth-order valence-electron chi connectivity index (χ4n) is 3.35. The van der Waals surface area contributed by atoms with Crippen LogP contribution >= 0.6 is 0 Å². The van der Waals surface area contributed by atoms with Crippen LogP contribution in [0, 0.1) is 5.41 Å². The van der Waals surface area contributed by atoms with Crippen molar-refractivity contribution in [2.24, 2.45) is 5.41 Å². The molecule has 5 nitrogen and oxygen atoms in total. The number of allylic oxidation sites excluding steroid dienone is 9. The molecule has 0 aliphatic heterocycles. The molecule has 1 aliphatic rings. The maximum atomic E-state index is 11.5. The van der Waals surface area contributed by atoms with Gasteiger partial charge in [0.25, 0.3) is 0 Å². The molecular formula is C25H34O5. The first-order valence-electron chi connectivity index (χ1n) is 10.3. The fourth-order valence-corrected chi connectivity index (χ4v) is 3.35. The molecule has 0 spiro atoms. The molecule has 0 aromatic rings. The van der Waals surface area contributed by atoms with Crippen molar-refractivity contribution in [3.8, 4) is 0 Å².